The van der Waals surface area contributed by atoms with Gasteiger partial charge in [0.15, 0.2) is 0 Å². The Hall–Kier alpha value is -1.77. The van der Waals surface area contributed by atoms with Gasteiger partial charge in [-0.05, 0) is 37.3 Å². The molecule has 0 saturated carbocycles. The molecular formula is C10H10N2O. The van der Waals surface area contributed by atoms with Gasteiger partial charge in [-0.3, -0.25) is 5.10 Å². The molecule has 0 saturated heterocycles. The second-order valence-electron chi connectivity index (χ2n) is 2.98. The van der Waals surface area contributed by atoms with Crippen molar-refractivity contribution in [3.05, 3.63) is 36.0 Å². The molecule has 3 heteroatoms. The van der Waals surface area contributed by atoms with Gasteiger partial charge in [0.05, 0.1) is 5.69 Å². The first-order valence-electron chi connectivity index (χ1n) is 4.07. The number of phenols is 1. The lowest BCUT2D eigenvalue weighted by Gasteiger charge is -1.95. The van der Waals surface area contributed by atoms with Gasteiger partial charge in [0.1, 0.15) is 5.75 Å². The van der Waals surface area contributed by atoms with Crippen LogP contribution in [0.3, 0.4) is 0 Å². The van der Waals surface area contributed by atoms with Crippen LogP contribution in [0.1, 0.15) is 5.69 Å². The first-order valence-corrected chi connectivity index (χ1v) is 4.07. The number of phenolic OH excluding ortho intramolecular Hbond substituents is 1. The zero-order chi connectivity index (χ0) is 9.26. The summed E-state index contributed by atoms with van der Waals surface area (Å²) in [4.78, 5) is 0. The Morgan fingerprint density at radius 1 is 1.23 bits per heavy atom. The SMILES string of the molecule is Cc1cc(-c2ccc(O)cc2)n[nH]1. The van der Waals surface area contributed by atoms with Crippen LogP contribution >= 0.6 is 0 Å². The van der Waals surface area contributed by atoms with Gasteiger partial charge in [-0.25, -0.2) is 0 Å². The minimum absolute atomic E-state index is 0.274. The van der Waals surface area contributed by atoms with Crippen LogP contribution in [0.15, 0.2) is 30.3 Å². The van der Waals surface area contributed by atoms with E-state index in [1.807, 2.05) is 25.1 Å². The number of H-pyrrole nitrogens is 1. The smallest absolute Gasteiger partial charge is 0.115 e. The lowest BCUT2D eigenvalue weighted by Crippen LogP contribution is -1.76. The number of hydrogen-bond donors (Lipinski definition) is 2. The molecule has 66 valence electrons. The number of hydrogen-bond acceptors (Lipinski definition) is 2. The molecule has 0 aliphatic rings. The van der Waals surface area contributed by atoms with Crippen molar-refractivity contribution in [3.8, 4) is 17.0 Å². The van der Waals surface area contributed by atoms with Gasteiger partial charge in [0.25, 0.3) is 0 Å². The summed E-state index contributed by atoms with van der Waals surface area (Å²) in [5, 5.41) is 16.1. The van der Waals surface area contributed by atoms with E-state index in [1.54, 1.807) is 12.1 Å². The summed E-state index contributed by atoms with van der Waals surface area (Å²) in [6.07, 6.45) is 0. The average molecular weight is 174 g/mol. The van der Waals surface area contributed by atoms with E-state index in [0.717, 1.165) is 17.0 Å². The van der Waals surface area contributed by atoms with E-state index < -0.39 is 0 Å². The Morgan fingerprint density at radius 2 is 1.92 bits per heavy atom. The second kappa shape index (κ2) is 2.94. The van der Waals surface area contributed by atoms with Crippen molar-refractivity contribution in [1.29, 1.82) is 0 Å². The minimum Gasteiger partial charge on any atom is -0.508 e. The lowest BCUT2D eigenvalue weighted by molar-refractivity contribution is 0.475. The summed E-state index contributed by atoms with van der Waals surface area (Å²) in [6.45, 7) is 1.96. The van der Waals surface area contributed by atoms with Crippen molar-refractivity contribution >= 4 is 0 Å². The van der Waals surface area contributed by atoms with E-state index >= 15 is 0 Å². The Labute approximate surface area is 76.0 Å². The Morgan fingerprint density at radius 3 is 2.46 bits per heavy atom. The van der Waals surface area contributed by atoms with Crippen molar-refractivity contribution in [1.82, 2.24) is 10.2 Å². The minimum atomic E-state index is 0.274. The van der Waals surface area contributed by atoms with Crippen LogP contribution in [0.25, 0.3) is 11.3 Å². The fourth-order valence-electron chi connectivity index (χ4n) is 1.20. The fourth-order valence-corrected chi connectivity index (χ4v) is 1.20. The van der Waals surface area contributed by atoms with Crippen molar-refractivity contribution in [2.75, 3.05) is 0 Å². The maximum Gasteiger partial charge on any atom is 0.115 e. The number of aromatic hydroxyl groups is 1. The molecule has 2 rings (SSSR count). The average Bonchev–Trinajstić information content (AvgIpc) is 2.53. The van der Waals surface area contributed by atoms with Gasteiger partial charge < -0.3 is 5.11 Å². The first kappa shape index (κ1) is 7.86. The van der Waals surface area contributed by atoms with Gasteiger partial charge in [-0.1, -0.05) is 0 Å². The van der Waals surface area contributed by atoms with Crippen LogP contribution in [0.2, 0.25) is 0 Å². The fraction of sp³-hybridized carbons (Fsp3) is 0.100. The molecule has 2 aromatic rings. The molecular weight excluding hydrogens is 164 g/mol. The van der Waals surface area contributed by atoms with E-state index in [4.69, 9.17) is 5.11 Å². The molecule has 0 aliphatic heterocycles. The van der Waals surface area contributed by atoms with Gasteiger partial charge in [-0.15, -0.1) is 0 Å². The van der Waals surface area contributed by atoms with E-state index in [2.05, 4.69) is 10.2 Å². The van der Waals surface area contributed by atoms with Crippen LogP contribution in [0, 0.1) is 6.92 Å². The number of rotatable bonds is 1. The molecule has 0 bridgehead atoms. The van der Waals surface area contributed by atoms with E-state index in [0.29, 0.717) is 0 Å². The van der Waals surface area contributed by atoms with Crippen molar-refractivity contribution in [3.63, 3.8) is 0 Å². The Balaban J connectivity index is 2.41. The third-order valence-electron chi connectivity index (χ3n) is 1.87. The van der Waals surface area contributed by atoms with Crippen LogP contribution in [-0.2, 0) is 0 Å². The van der Waals surface area contributed by atoms with Crippen LogP contribution < -0.4 is 0 Å². The number of nitrogens with zero attached hydrogens (tertiary/aromatic N) is 1. The zero-order valence-corrected chi connectivity index (χ0v) is 7.28. The zero-order valence-electron chi connectivity index (χ0n) is 7.28. The van der Waals surface area contributed by atoms with E-state index in [1.165, 1.54) is 0 Å². The van der Waals surface area contributed by atoms with E-state index in [9.17, 15) is 0 Å². The standard InChI is InChI=1S/C10H10N2O/c1-7-6-10(12-11-7)8-2-4-9(13)5-3-8/h2-6,13H,1H3,(H,11,12). The van der Waals surface area contributed by atoms with Gasteiger partial charge in [0.2, 0.25) is 0 Å². The highest BCUT2D eigenvalue weighted by molar-refractivity contribution is 5.59. The molecule has 0 aliphatic carbocycles. The molecule has 1 aromatic carbocycles. The quantitative estimate of drug-likeness (QED) is 0.695. The third kappa shape index (κ3) is 1.54. The van der Waals surface area contributed by atoms with Crippen molar-refractivity contribution in [2.45, 2.75) is 6.92 Å². The number of aryl methyl sites for hydroxylation is 1. The van der Waals surface area contributed by atoms with E-state index in [-0.39, 0.29) is 5.75 Å². The van der Waals surface area contributed by atoms with Crippen molar-refractivity contribution in [2.24, 2.45) is 0 Å². The third-order valence-corrected chi connectivity index (χ3v) is 1.87. The van der Waals surface area contributed by atoms with Gasteiger partial charge in [0, 0.05) is 11.3 Å². The highest BCUT2D eigenvalue weighted by atomic mass is 16.3. The molecule has 0 fully saturated rings. The van der Waals surface area contributed by atoms with Crippen LogP contribution in [-0.4, -0.2) is 15.3 Å². The largest absolute Gasteiger partial charge is 0.508 e. The molecule has 0 unspecified atom stereocenters. The van der Waals surface area contributed by atoms with Gasteiger partial charge in [-0.2, -0.15) is 5.10 Å². The predicted octanol–water partition coefficient (Wildman–Crippen LogP) is 2.09. The summed E-state index contributed by atoms with van der Waals surface area (Å²) >= 11 is 0. The molecule has 0 radical (unpaired) electrons. The summed E-state index contributed by atoms with van der Waals surface area (Å²) in [5.41, 5.74) is 2.93. The summed E-state index contributed by atoms with van der Waals surface area (Å²) in [7, 11) is 0. The van der Waals surface area contributed by atoms with Gasteiger partial charge >= 0.3 is 0 Å². The molecule has 2 N–H and O–H groups in total. The Bertz CT molecular complexity index is 403. The molecule has 3 nitrogen and oxygen atoms in total. The molecule has 0 atom stereocenters. The normalized spacial score (nSPS) is 10.2. The molecule has 1 aromatic heterocycles. The first-order chi connectivity index (χ1) is 6.25. The number of benzene rings is 1. The maximum atomic E-state index is 9.08. The molecule has 0 spiro atoms. The van der Waals surface area contributed by atoms with Crippen molar-refractivity contribution < 1.29 is 5.11 Å². The maximum absolute atomic E-state index is 9.08. The number of aromatic amines is 1. The Kier molecular flexibility index (Phi) is 1.77. The topological polar surface area (TPSA) is 48.9 Å². The number of aromatic nitrogens is 2. The summed E-state index contributed by atoms with van der Waals surface area (Å²) < 4.78 is 0. The summed E-state index contributed by atoms with van der Waals surface area (Å²) in [5.74, 6) is 0.274. The lowest BCUT2D eigenvalue weighted by atomic mass is 10.1. The molecule has 0 amide bonds. The predicted molar refractivity (Wildman–Crippen MR) is 50.4 cm³/mol. The molecule has 1 heterocycles. The highest BCUT2D eigenvalue weighted by Gasteiger charge is 2.00. The molecule has 13 heavy (non-hydrogen) atoms. The second-order valence-corrected chi connectivity index (χ2v) is 2.98. The summed E-state index contributed by atoms with van der Waals surface area (Å²) in [6, 6.07) is 8.95. The van der Waals surface area contributed by atoms with Crippen LogP contribution in [0.4, 0.5) is 0 Å². The highest BCUT2D eigenvalue weighted by Crippen LogP contribution is 2.19. The van der Waals surface area contributed by atoms with Crippen LogP contribution in [0.5, 0.6) is 5.75 Å². The monoisotopic (exact) mass is 174 g/mol. The number of nitrogens with one attached hydrogen (secondary N) is 1.